The van der Waals surface area contributed by atoms with Crippen LogP contribution >= 0.6 is 0 Å². The van der Waals surface area contributed by atoms with E-state index in [4.69, 9.17) is 9.52 Å². The average Bonchev–Trinajstić information content (AvgIpc) is 3.00. The van der Waals surface area contributed by atoms with Crippen molar-refractivity contribution in [1.29, 1.82) is 0 Å². The molecule has 7 nitrogen and oxygen atoms in total. The van der Waals surface area contributed by atoms with E-state index in [-0.39, 0.29) is 11.4 Å². The summed E-state index contributed by atoms with van der Waals surface area (Å²) in [4.78, 5) is 19.0. The molecule has 1 aromatic heterocycles. The van der Waals surface area contributed by atoms with Crippen LogP contribution in [-0.2, 0) is 6.54 Å². The third-order valence-electron chi connectivity index (χ3n) is 3.70. The van der Waals surface area contributed by atoms with Crippen molar-refractivity contribution >= 4 is 12.0 Å². The summed E-state index contributed by atoms with van der Waals surface area (Å²) in [6.07, 6.45) is 1.17. The quantitative estimate of drug-likeness (QED) is 0.882. The van der Waals surface area contributed by atoms with Gasteiger partial charge in [0.2, 0.25) is 0 Å². The Morgan fingerprint density at radius 1 is 1.18 bits per heavy atom. The minimum absolute atomic E-state index is 0.0680. The molecule has 0 unspecified atom stereocenters. The molecule has 2 heterocycles. The number of phenols is 1. The van der Waals surface area contributed by atoms with E-state index >= 15 is 0 Å². The molecule has 1 aliphatic rings. The number of oxazole rings is 1. The smallest absolute Gasteiger partial charge is 0.357 e. The van der Waals surface area contributed by atoms with E-state index in [1.165, 1.54) is 6.26 Å². The van der Waals surface area contributed by atoms with Crippen LogP contribution in [-0.4, -0.2) is 52.2 Å². The zero-order chi connectivity index (χ0) is 15.5. The highest BCUT2D eigenvalue weighted by Gasteiger charge is 2.21. The first-order valence-electron chi connectivity index (χ1n) is 7.06. The van der Waals surface area contributed by atoms with Crippen molar-refractivity contribution in [1.82, 2.24) is 9.88 Å². The van der Waals surface area contributed by atoms with Gasteiger partial charge in [0.1, 0.15) is 12.0 Å². The maximum absolute atomic E-state index is 10.8. The molecule has 116 valence electrons. The van der Waals surface area contributed by atoms with E-state index in [1.54, 1.807) is 12.1 Å². The fraction of sp³-hybridized carbons (Fsp3) is 0.333. The monoisotopic (exact) mass is 303 g/mol. The number of aromatic nitrogens is 1. The lowest BCUT2D eigenvalue weighted by Crippen LogP contribution is -2.46. The van der Waals surface area contributed by atoms with Gasteiger partial charge in [-0.15, -0.1) is 0 Å². The Morgan fingerprint density at radius 3 is 2.45 bits per heavy atom. The minimum atomic E-state index is -1.08. The Balaban J connectivity index is 1.55. The Labute approximate surface area is 127 Å². The molecule has 0 spiro atoms. The van der Waals surface area contributed by atoms with Crippen molar-refractivity contribution in [2.75, 3.05) is 31.1 Å². The molecule has 2 aromatic rings. The Morgan fingerprint density at radius 2 is 1.86 bits per heavy atom. The highest BCUT2D eigenvalue weighted by atomic mass is 16.4. The van der Waals surface area contributed by atoms with Gasteiger partial charge in [0.15, 0.2) is 5.69 Å². The summed E-state index contributed by atoms with van der Waals surface area (Å²) in [5.74, 6) is -0.812. The zero-order valence-electron chi connectivity index (χ0n) is 12.0. The van der Waals surface area contributed by atoms with Crippen molar-refractivity contribution in [2.45, 2.75) is 6.54 Å². The molecule has 1 aromatic carbocycles. The lowest BCUT2D eigenvalue weighted by molar-refractivity contribution is 0.0690. The van der Waals surface area contributed by atoms with Crippen LogP contribution in [0.1, 0.15) is 16.1 Å². The van der Waals surface area contributed by atoms with E-state index in [9.17, 15) is 9.90 Å². The van der Waals surface area contributed by atoms with Gasteiger partial charge in [0.05, 0.1) is 0 Å². The fourth-order valence-electron chi connectivity index (χ4n) is 2.46. The number of carbonyl (C=O) groups is 1. The van der Waals surface area contributed by atoms with Crippen LogP contribution in [0.15, 0.2) is 34.9 Å². The second kappa shape index (κ2) is 6.07. The van der Waals surface area contributed by atoms with E-state index in [0.717, 1.165) is 38.3 Å². The van der Waals surface area contributed by atoms with E-state index in [0.29, 0.717) is 6.01 Å². The maximum atomic E-state index is 10.8. The zero-order valence-corrected chi connectivity index (χ0v) is 12.0. The third kappa shape index (κ3) is 3.20. The summed E-state index contributed by atoms with van der Waals surface area (Å²) >= 11 is 0. The van der Waals surface area contributed by atoms with Gasteiger partial charge in [0.25, 0.3) is 6.01 Å². The molecule has 0 saturated carbocycles. The number of aromatic hydroxyl groups is 1. The van der Waals surface area contributed by atoms with E-state index < -0.39 is 5.97 Å². The van der Waals surface area contributed by atoms with Crippen molar-refractivity contribution in [3.8, 4) is 5.75 Å². The summed E-state index contributed by atoms with van der Waals surface area (Å²) in [5, 5.41) is 18.1. The normalized spacial score (nSPS) is 15.9. The molecule has 1 saturated heterocycles. The number of nitrogens with zero attached hydrogens (tertiary/aromatic N) is 3. The van der Waals surface area contributed by atoms with Crippen LogP contribution in [0.5, 0.6) is 5.75 Å². The summed E-state index contributed by atoms with van der Waals surface area (Å²) in [6, 6.07) is 7.56. The second-order valence-electron chi connectivity index (χ2n) is 5.25. The first kappa shape index (κ1) is 14.4. The molecule has 1 fully saturated rings. The SMILES string of the molecule is O=C(O)c1coc(N2CCN(Cc3ccc(O)cc3)CC2)n1. The van der Waals surface area contributed by atoms with Crippen LogP contribution < -0.4 is 4.90 Å². The van der Waals surface area contributed by atoms with Gasteiger partial charge in [-0.25, -0.2) is 4.79 Å². The fourth-order valence-corrected chi connectivity index (χ4v) is 2.46. The third-order valence-corrected chi connectivity index (χ3v) is 3.70. The number of aromatic carboxylic acids is 1. The number of hydrogen-bond acceptors (Lipinski definition) is 6. The summed E-state index contributed by atoms with van der Waals surface area (Å²) in [7, 11) is 0. The first-order chi connectivity index (χ1) is 10.6. The molecular formula is C15H17N3O4. The Hall–Kier alpha value is -2.54. The Kier molecular flexibility index (Phi) is 3.97. The van der Waals surface area contributed by atoms with Crippen LogP contribution in [0.3, 0.4) is 0 Å². The first-order valence-corrected chi connectivity index (χ1v) is 7.06. The van der Waals surface area contributed by atoms with Gasteiger partial charge in [-0.1, -0.05) is 12.1 Å². The number of hydrogen-bond donors (Lipinski definition) is 2. The predicted octanol–water partition coefficient (Wildman–Crippen LogP) is 1.40. The number of carboxylic acids is 1. The van der Waals surface area contributed by atoms with Crippen LogP contribution in [0.2, 0.25) is 0 Å². The molecule has 0 atom stereocenters. The van der Waals surface area contributed by atoms with Crippen LogP contribution in [0.25, 0.3) is 0 Å². The molecule has 3 rings (SSSR count). The highest BCUT2D eigenvalue weighted by Crippen LogP contribution is 2.17. The van der Waals surface area contributed by atoms with Gasteiger partial charge < -0.3 is 19.5 Å². The molecule has 1 aliphatic heterocycles. The van der Waals surface area contributed by atoms with Crippen LogP contribution in [0.4, 0.5) is 6.01 Å². The lowest BCUT2D eigenvalue weighted by atomic mass is 10.2. The highest BCUT2D eigenvalue weighted by molar-refractivity contribution is 5.85. The lowest BCUT2D eigenvalue weighted by Gasteiger charge is -2.33. The second-order valence-corrected chi connectivity index (χ2v) is 5.25. The number of phenolic OH excluding ortho intramolecular Hbond substituents is 1. The van der Waals surface area contributed by atoms with Gasteiger partial charge in [-0.3, -0.25) is 4.90 Å². The summed E-state index contributed by atoms with van der Waals surface area (Å²) < 4.78 is 5.22. The number of piperazine rings is 1. The van der Waals surface area contributed by atoms with Gasteiger partial charge >= 0.3 is 5.97 Å². The number of benzene rings is 1. The molecule has 22 heavy (non-hydrogen) atoms. The number of rotatable bonds is 4. The standard InChI is InChI=1S/C15H17N3O4/c19-12-3-1-11(2-4-12)9-17-5-7-18(8-6-17)15-16-13(10-22-15)14(20)21/h1-4,10,19H,5-9H2,(H,20,21). The number of carboxylic acid groups (broad SMARTS) is 1. The van der Waals surface area contributed by atoms with Crippen molar-refractivity contribution < 1.29 is 19.4 Å². The number of anilines is 1. The average molecular weight is 303 g/mol. The Bertz CT molecular complexity index is 645. The van der Waals surface area contributed by atoms with Gasteiger partial charge in [-0.05, 0) is 17.7 Å². The topological polar surface area (TPSA) is 90.0 Å². The maximum Gasteiger partial charge on any atom is 0.357 e. The molecule has 7 heteroatoms. The summed E-state index contributed by atoms with van der Waals surface area (Å²) in [6.45, 7) is 3.96. The van der Waals surface area contributed by atoms with Gasteiger partial charge in [0, 0.05) is 32.7 Å². The molecule has 2 N–H and O–H groups in total. The molecular weight excluding hydrogens is 286 g/mol. The summed E-state index contributed by atoms with van der Waals surface area (Å²) in [5.41, 5.74) is 1.08. The van der Waals surface area contributed by atoms with Crippen molar-refractivity contribution in [3.05, 3.63) is 41.8 Å². The van der Waals surface area contributed by atoms with E-state index in [1.807, 2.05) is 17.0 Å². The molecule has 0 bridgehead atoms. The molecule has 0 aliphatic carbocycles. The minimum Gasteiger partial charge on any atom is -0.508 e. The molecule has 0 radical (unpaired) electrons. The van der Waals surface area contributed by atoms with Crippen LogP contribution in [0, 0.1) is 0 Å². The van der Waals surface area contributed by atoms with E-state index in [2.05, 4.69) is 9.88 Å². The van der Waals surface area contributed by atoms with Crippen molar-refractivity contribution in [3.63, 3.8) is 0 Å². The largest absolute Gasteiger partial charge is 0.508 e. The van der Waals surface area contributed by atoms with Crippen molar-refractivity contribution in [2.24, 2.45) is 0 Å². The molecule has 0 amide bonds. The predicted molar refractivity (Wildman–Crippen MR) is 79.1 cm³/mol. The van der Waals surface area contributed by atoms with Gasteiger partial charge in [-0.2, -0.15) is 4.98 Å².